The average molecular weight is 427 g/mol. The smallest absolute Gasteiger partial charge is 0.231 e. The average Bonchev–Trinajstić information content (AvgIpc) is 3.02. The molecule has 7 heteroatoms. The van der Waals surface area contributed by atoms with E-state index in [0.29, 0.717) is 18.1 Å². The number of amides is 1. The van der Waals surface area contributed by atoms with Crippen molar-refractivity contribution in [3.05, 3.63) is 52.0 Å². The molecule has 1 fully saturated rings. The number of hydrogen-bond donors (Lipinski definition) is 1. The Hall–Kier alpha value is -2.60. The van der Waals surface area contributed by atoms with E-state index in [-0.39, 0.29) is 11.8 Å². The predicted molar refractivity (Wildman–Crippen MR) is 119 cm³/mol. The molecule has 0 saturated carbocycles. The highest BCUT2D eigenvalue weighted by Crippen LogP contribution is 2.33. The minimum atomic E-state index is 0.0260. The first-order chi connectivity index (χ1) is 14.4. The molecule has 1 amide bonds. The Morgan fingerprint density at radius 3 is 2.67 bits per heavy atom. The molecule has 0 aliphatic carbocycles. The molecule has 1 saturated heterocycles. The van der Waals surface area contributed by atoms with E-state index in [1.165, 1.54) is 0 Å². The number of hydrogen-bond acceptors (Lipinski definition) is 5. The summed E-state index contributed by atoms with van der Waals surface area (Å²) in [6, 6.07) is 7.76. The van der Waals surface area contributed by atoms with Gasteiger partial charge >= 0.3 is 0 Å². The highest BCUT2D eigenvalue weighted by Gasteiger charge is 2.28. The Morgan fingerprint density at radius 1 is 1.20 bits per heavy atom. The largest absolute Gasteiger partial charge is 0.443 e. The second kappa shape index (κ2) is 8.64. The number of nitrogens with zero attached hydrogens (tertiary/aromatic N) is 3. The number of carbonyl (C=O) groups is 1. The van der Waals surface area contributed by atoms with Gasteiger partial charge in [-0.2, -0.15) is 4.98 Å². The van der Waals surface area contributed by atoms with Gasteiger partial charge in [0.25, 0.3) is 0 Å². The fourth-order valence-electron chi connectivity index (χ4n) is 4.08. The van der Waals surface area contributed by atoms with Crippen molar-refractivity contribution in [1.29, 1.82) is 0 Å². The molecule has 1 aliphatic rings. The highest BCUT2D eigenvalue weighted by molar-refractivity contribution is 6.31. The molecule has 0 unspecified atom stereocenters. The van der Waals surface area contributed by atoms with Gasteiger partial charge in [0.2, 0.25) is 11.6 Å². The van der Waals surface area contributed by atoms with E-state index in [2.05, 4.69) is 15.2 Å². The van der Waals surface area contributed by atoms with Gasteiger partial charge in [-0.15, -0.1) is 0 Å². The first-order valence-electron chi connectivity index (χ1n) is 10.4. The van der Waals surface area contributed by atoms with E-state index in [0.717, 1.165) is 65.5 Å². The number of piperidine rings is 1. The van der Waals surface area contributed by atoms with Crippen LogP contribution < -0.4 is 10.2 Å². The summed E-state index contributed by atoms with van der Waals surface area (Å²) in [6.07, 6.45) is 2.35. The number of fused-ring (bicyclic) bond motifs is 1. The zero-order valence-electron chi connectivity index (χ0n) is 17.7. The summed E-state index contributed by atoms with van der Waals surface area (Å²) in [5.74, 6) is 2.65. The lowest BCUT2D eigenvalue weighted by atomic mass is 9.95. The number of aryl methyl sites for hydroxylation is 3. The van der Waals surface area contributed by atoms with Crippen LogP contribution in [0.5, 0.6) is 0 Å². The molecule has 1 aromatic carbocycles. The van der Waals surface area contributed by atoms with Crippen LogP contribution in [0, 0.1) is 26.7 Å². The maximum absolute atomic E-state index is 12.6. The maximum Gasteiger partial charge on any atom is 0.231 e. The third-order valence-electron chi connectivity index (χ3n) is 5.94. The summed E-state index contributed by atoms with van der Waals surface area (Å²) in [5, 5.41) is 4.81. The van der Waals surface area contributed by atoms with Crippen molar-refractivity contribution in [3.63, 3.8) is 0 Å². The molecule has 1 aliphatic heterocycles. The Labute approximate surface area is 181 Å². The van der Waals surface area contributed by atoms with E-state index in [1.807, 2.05) is 45.0 Å². The number of benzene rings is 1. The lowest BCUT2D eigenvalue weighted by Crippen LogP contribution is -2.41. The fraction of sp³-hybridized carbons (Fsp3) is 0.435. The van der Waals surface area contributed by atoms with Gasteiger partial charge in [0.1, 0.15) is 17.4 Å². The summed E-state index contributed by atoms with van der Waals surface area (Å²) in [5.41, 5.74) is 2.79. The van der Waals surface area contributed by atoms with Crippen molar-refractivity contribution in [3.8, 4) is 0 Å². The van der Waals surface area contributed by atoms with Crippen molar-refractivity contribution < 1.29 is 9.21 Å². The summed E-state index contributed by atoms with van der Waals surface area (Å²) in [7, 11) is 0. The molecular formula is C23H27ClN4O2. The second-order valence-corrected chi connectivity index (χ2v) is 8.36. The minimum Gasteiger partial charge on any atom is -0.443 e. The topological polar surface area (TPSA) is 71.3 Å². The van der Waals surface area contributed by atoms with Crippen LogP contribution in [0.3, 0.4) is 0 Å². The van der Waals surface area contributed by atoms with E-state index in [1.54, 1.807) is 0 Å². The van der Waals surface area contributed by atoms with Crippen LogP contribution in [-0.2, 0) is 11.2 Å². The van der Waals surface area contributed by atoms with Crippen LogP contribution in [0.1, 0.15) is 35.6 Å². The molecule has 158 valence electrons. The molecule has 1 N–H and O–H groups in total. The summed E-state index contributed by atoms with van der Waals surface area (Å²) >= 11 is 6.19. The van der Waals surface area contributed by atoms with Gasteiger partial charge in [0.05, 0.1) is 5.39 Å². The van der Waals surface area contributed by atoms with Gasteiger partial charge < -0.3 is 14.6 Å². The van der Waals surface area contributed by atoms with Crippen molar-refractivity contribution in [2.45, 2.75) is 40.0 Å². The third kappa shape index (κ3) is 4.15. The lowest BCUT2D eigenvalue weighted by Gasteiger charge is -2.32. The van der Waals surface area contributed by atoms with Crippen LogP contribution in [-0.4, -0.2) is 35.5 Å². The number of furan rings is 1. The molecule has 3 aromatic rings. The van der Waals surface area contributed by atoms with Gasteiger partial charge in [0, 0.05) is 36.1 Å². The van der Waals surface area contributed by atoms with Gasteiger partial charge in [0.15, 0.2) is 0 Å². The molecule has 0 spiro atoms. The number of anilines is 1. The summed E-state index contributed by atoms with van der Waals surface area (Å²) < 4.78 is 5.81. The molecule has 6 nitrogen and oxygen atoms in total. The molecule has 4 rings (SSSR count). The summed E-state index contributed by atoms with van der Waals surface area (Å²) in [6.45, 7) is 8.06. The quantitative estimate of drug-likeness (QED) is 0.655. The lowest BCUT2D eigenvalue weighted by molar-refractivity contribution is -0.125. The number of carbonyl (C=O) groups excluding carboxylic acids is 1. The van der Waals surface area contributed by atoms with E-state index in [9.17, 15) is 4.79 Å². The van der Waals surface area contributed by atoms with Gasteiger partial charge in [-0.05, 0) is 51.7 Å². The molecule has 0 bridgehead atoms. The SMILES string of the molecule is Cc1nc(N2CCC(C(=O)NCCc3ccccc3Cl)CC2)c2c(C)c(C)oc2n1. The van der Waals surface area contributed by atoms with Crippen molar-refractivity contribution >= 4 is 34.4 Å². The van der Waals surface area contributed by atoms with Crippen molar-refractivity contribution in [1.82, 2.24) is 15.3 Å². The monoisotopic (exact) mass is 426 g/mol. The van der Waals surface area contributed by atoms with Crippen molar-refractivity contribution in [2.24, 2.45) is 5.92 Å². The standard InChI is InChI=1S/C23H27ClN4O2/c1-14-15(2)30-23-20(14)21(26-16(3)27-23)28-12-9-18(10-13-28)22(29)25-11-8-17-6-4-5-7-19(17)24/h4-7,18H,8-13H2,1-3H3,(H,25,29). The Bertz CT molecular complexity index is 1070. The number of aromatic nitrogens is 2. The van der Waals surface area contributed by atoms with E-state index >= 15 is 0 Å². The summed E-state index contributed by atoms with van der Waals surface area (Å²) in [4.78, 5) is 24.0. The van der Waals surface area contributed by atoms with Gasteiger partial charge in [-0.1, -0.05) is 29.8 Å². The van der Waals surface area contributed by atoms with Crippen molar-refractivity contribution in [2.75, 3.05) is 24.5 Å². The van der Waals surface area contributed by atoms with E-state index < -0.39 is 0 Å². The minimum absolute atomic E-state index is 0.0260. The molecule has 0 atom stereocenters. The normalized spacial score (nSPS) is 15.0. The predicted octanol–water partition coefficient (Wildman–Crippen LogP) is 4.38. The number of nitrogens with one attached hydrogen (secondary N) is 1. The Balaban J connectivity index is 1.37. The molecular weight excluding hydrogens is 400 g/mol. The third-order valence-corrected chi connectivity index (χ3v) is 6.31. The highest BCUT2D eigenvalue weighted by atomic mass is 35.5. The van der Waals surface area contributed by atoms with E-state index in [4.69, 9.17) is 21.0 Å². The molecule has 30 heavy (non-hydrogen) atoms. The van der Waals surface area contributed by atoms with Gasteiger partial charge in [-0.3, -0.25) is 4.79 Å². The van der Waals surface area contributed by atoms with Crippen LogP contribution in [0.15, 0.2) is 28.7 Å². The maximum atomic E-state index is 12.6. The molecule has 0 radical (unpaired) electrons. The molecule has 3 heterocycles. The fourth-order valence-corrected chi connectivity index (χ4v) is 4.31. The molecule has 2 aromatic heterocycles. The Morgan fingerprint density at radius 2 is 1.93 bits per heavy atom. The number of rotatable bonds is 5. The van der Waals surface area contributed by atoms with Gasteiger partial charge in [-0.25, -0.2) is 4.98 Å². The first-order valence-corrected chi connectivity index (χ1v) is 10.8. The first kappa shape index (κ1) is 20.7. The van der Waals surface area contributed by atoms with Crippen LogP contribution in [0.2, 0.25) is 5.02 Å². The Kier molecular flexibility index (Phi) is 5.95. The van der Waals surface area contributed by atoms with Crippen LogP contribution in [0.25, 0.3) is 11.1 Å². The zero-order valence-corrected chi connectivity index (χ0v) is 18.4. The zero-order chi connectivity index (χ0) is 21.3. The second-order valence-electron chi connectivity index (χ2n) is 7.95. The number of halogens is 1. The van der Waals surface area contributed by atoms with Crippen LogP contribution in [0.4, 0.5) is 5.82 Å². The van der Waals surface area contributed by atoms with Crippen LogP contribution >= 0.6 is 11.6 Å².